The SMILES string of the molecule is CNCCCOCCOCCOCCCNC(=O)CCC(C)=O.CNCCCOCCOCCOCCCNC(=O)COCC(C)=O.CNCCOCCOCC(=O)OC.CNCCOCCOCCC(C)=O.CNCCOCCOCCNC(=O)COCC(C)=O.CNCCOCCOCCNC(=O)COCC(C)=O. The van der Waals surface area contributed by atoms with Crippen LogP contribution in [0.25, 0.3) is 0 Å². The molecule has 4 amide bonds. The number of rotatable bonds is 78. The Labute approximate surface area is 661 Å². The number of carbonyl (C=O) groups excluding carboxylic acids is 10. The van der Waals surface area contributed by atoms with Gasteiger partial charge in [0.2, 0.25) is 23.6 Å². The van der Waals surface area contributed by atoms with Gasteiger partial charge in [-0.3, -0.25) is 38.4 Å². The van der Waals surface area contributed by atoms with E-state index in [0.717, 1.165) is 71.7 Å². The highest BCUT2D eigenvalue weighted by atomic mass is 16.6. The Morgan fingerprint density at radius 2 is 0.432 bits per heavy atom. The summed E-state index contributed by atoms with van der Waals surface area (Å²) >= 11 is 0. The summed E-state index contributed by atoms with van der Waals surface area (Å²) in [5.74, 6) is -1.29. The standard InChI is InChI=1S/C16H32N2O6.C16H32N2O5.2C12H24N2O5.C9H19NO3.C8H17NO4/c1-15(19)13-24-14-16(20)18-6-4-8-22-10-12-23-11-9-21-7-3-5-17-2;1-15(19)5-6-16(20)18-8-4-10-22-12-14-23-13-11-21-9-3-7-17-2;2*1-11(15)9-19-10-12(16)14-4-6-18-8-7-17-5-3-13-2;1-9(11)3-5-12-7-8-13-6-4-10-2;1-9-3-4-12-5-6-13-7-8(10)11-2/h17H,3-14H2,1-2H3,(H,18,20);17H,3-14H2,1-2H3,(H,18,20);2*13H,3-10H2,1-2H3,(H,14,16);10H,3-8H2,1-2H3;9H,3-7H2,1-2H3. The predicted octanol–water partition coefficient (Wildman–Crippen LogP) is -2.17. The van der Waals surface area contributed by atoms with E-state index in [9.17, 15) is 47.9 Å². The molecule has 0 fully saturated rings. The normalized spacial score (nSPS) is 10.5. The summed E-state index contributed by atoms with van der Waals surface area (Å²) in [4.78, 5) is 109. The van der Waals surface area contributed by atoms with Crippen LogP contribution in [-0.2, 0) is 133 Å². The molecular weight excluding hydrogens is 1460 g/mol. The summed E-state index contributed by atoms with van der Waals surface area (Å²) in [6, 6.07) is 0. The minimum atomic E-state index is -0.366. The van der Waals surface area contributed by atoms with Crippen LogP contribution in [0.2, 0.25) is 0 Å². The number of nitrogens with one attached hydrogen (secondary N) is 10. The first-order valence-electron chi connectivity index (χ1n) is 38.0. The summed E-state index contributed by atoms with van der Waals surface area (Å²) in [6.45, 7) is 29.3. The van der Waals surface area contributed by atoms with Gasteiger partial charge in [0.05, 0.1) is 159 Å². The van der Waals surface area contributed by atoms with Gasteiger partial charge in [0, 0.05) is 98.0 Å². The van der Waals surface area contributed by atoms with Gasteiger partial charge in [-0.1, -0.05) is 0 Å². The smallest absolute Gasteiger partial charge is 0.331 e. The van der Waals surface area contributed by atoms with Crippen LogP contribution in [0.5, 0.6) is 0 Å². The molecule has 0 aromatic carbocycles. The lowest BCUT2D eigenvalue weighted by Crippen LogP contribution is -2.31. The number of Topliss-reactive ketones (excluding diaryl/α,β-unsaturated/α-hetero) is 5. The first-order valence-corrected chi connectivity index (χ1v) is 38.0. The van der Waals surface area contributed by atoms with Crippen LogP contribution in [0.4, 0.5) is 0 Å². The Hall–Kier alpha value is -5.22. The van der Waals surface area contributed by atoms with E-state index in [0.29, 0.717) is 211 Å². The number of carbonyl (C=O) groups is 10. The molecule has 0 radical (unpaired) electrons. The third-order valence-electron chi connectivity index (χ3n) is 12.5. The van der Waals surface area contributed by atoms with Crippen molar-refractivity contribution in [3.8, 4) is 0 Å². The van der Waals surface area contributed by atoms with Crippen LogP contribution in [0.3, 0.4) is 0 Å². The highest BCUT2D eigenvalue weighted by Gasteiger charge is 2.07. The Balaban J connectivity index is -0.000000302. The van der Waals surface area contributed by atoms with Crippen molar-refractivity contribution in [3.63, 3.8) is 0 Å². The highest BCUT2D eigenvalue weighted by molar-refractivity contribution is 5.83. The molecule has 658 valence electrons. The third kappa shape index (κ3) is 129. The van der Waals surface area contributed by atoms with Gasteiger partial charge in [-0.2, -0.15) is 0 Å². The molecule has 38 nitrogen and oxygen atoms in total. The van der Waals surface area contributed by atoms with Crippen molar-refractivity contribution in [2.45, 2.75) is 79.6 Å². The van der Waals surface area contributed by atoms with Gasteiger partial charge in [-0.25, -0.2) is 4.79 Å². The minimum Gasteiger partial charge on any atom is -0.467 e. The minimum absolute atomic E-state index is 0.00805. The largest absolute Gasteiger partial charge is 0.467 e. The van der Waals surface area contributed by atoms with Crippen LogP contribution in [0.15, 0.2) is 0 Å². The molecule has 0 saturated heterocycles. The molecule has 0 bridgehead atoms. The number of likely N-dealkylation sites (N-methyl/N-ethyl adjacent to an activating group) is 4. The molecule has 0 aliphatic carbocycles. The van der Waals surface area contributed by atoms with Gasteiger partial charge in [0.1, 0.15) is 57.8 Å². The number of ketones is 5. The zero-order chi connectivity index (χ0) is 83.6. The maximum Gasteiger partial charge on any atom is 0.331 e. The van der Waals surface area contributed by atoms with E-state index in [1.54, 1.807) is 6.92 Å². The molecule has 0 rings (SSSR count). The molecule has 111 heavy (non-hydrogen) atoms. The number of hydrogen-bond donors (Lipinski definition) is 10. The molecule has 0 heterocycles. The molecule has 38 heteroatoms. The second kappa shape index (κ2) is 105. The molecule has 0 aliphatic heterocycles. The maximum absolute atomic E-state index is 11.3. The fourth-order valence-corrected chi connectivity index (χ4v) is 6.82. The summed E-state index contributed by atoms with van der Waals surface area (Å²) in [5, 5.41) is 28.7. The van der Waals surface area contributed by atoms with Crippen LogP contribution in [0, 0.1) is 0 Å². The molecule has 0 spiro atoms. The zero-order valence-corrected chi connectivity index (χ0v) is 69.5. The van der Waals surface area contributed by atoms with Crippen LogP contribution in [-0.4, -0.2) is 398 Å². The Morgan fingerprint density at radius 3 is 0.703 bits per heavy atom. The molecule has 10 N–H and O–H groups in total. The molecular formula is C73H148N10O28. The number of methoxy groups -OCH3 is 1. The first kappa shape index (κ1) is 117. The summed E-state index contributed by atoms with van der Waals surface area (Å²) in [5.41, 5.74) is 0. The van der Waals surface area contributed by atoms with E-state index in [1.165, 1.54) is 34.8 Å². The molecule has 0 aliphatic rings. The fraction of sp³-hybridized carbons (Fsp3) is 0.863. The van der Waals surface area contributed by atoms with E-state index in [2.05, 4.69) is 57.9 Å². The quantitative estimate of drug-likeness (QED) is 0.0229. The van der Waals surface area contributed by atoms with Crippen molar-refractivity contribution in [1.82, 2.24) is 53.2 Å². The highest BCUT2D eigenvalue weighted by Crippen LogP contribution is 1.93. The van der Waals surface area contributed by atoms with Gasteiger partial charge in [0.15, 0.2) is 17.3 Å². The Bertz CT molecular complexity index is 2020. The van der Waals surface area contributed by atoms with Crippen LogP contribution < -0.4 is 53.2 Å². The maximum atomic E-state index is 11.3. The van der Waals surface area contributed by atoms with E-state index < -0.39 is 0 Å². The number of hydrogen-bond acceptors (Lipinski definition) is 34. The number of amides is 4. The van der Waals surface area contributed by atoms with Crippen molar-refractivity contribution in [2.75, 3.05) is 339 Å². The van der Waals surface area contributed by atoms with Gasteiger partial charge < -0.3 is 143 Å². The second-order valence-corrected chi connectivity index (χ2v) is 23.3. The Kier molecular flexibility index (Phi) is 110. The van der Waals surface area contributed by atoms with Crippen molar-refractivity contribution >= 4 is 58.5 Å². The topological polar surface area (TPSA) is 457 Å². The average molecular weight is 1610 g/mol. The van der Waals surface area contributed by atoms with Crippen LogP contribution in [0.1, 0.15) is 79.6 Å². The Morgan fingerprint density at radius 1 is 0.198 bits per heavy atom. The van der Waals surface area contributed by atoms with Crippen molar-refractivity contribution in [1.29, 1.82) is 0 Å². The molecule has 0 aromatic rings. The molecule has 0 saturated carbocycles. The lowest BCUT2D eigenvalue weighted by atomic mass is 10.2. The van der Waals surface area contributed by atoms with Crippen molar-refractivity contribution in [3.05, 3.63) is 0 Å². The van der Waals surface area contributed by atoms with Crippen molar-refractivity contribution in [2.24, 2.45) is 0 Å². The fourth-order valence-electron chi connectivity index (χ4n) is 6.82. The summed E-state index contributed by atoms with van der Waals surface area (Å²) in [7, 11) is 12.6. The third-order valence-corrected chi connectivity index (χ3v) is 12.5. The summed E-state index contributed by atoms with van der Waals surface area (Å²) in [6.07, 6.45) is 4.54. The number of ether oxygens (including phenoxy) is 18. The van der Waals surface area contributed by atoms with Gasteiger partial charge >= 0.3 is 5.97 Å². The predicted molar refractivity (Wildman–Crippen MR) is 417 cm³/mol. The second-order valence-electron chi connectivity index (χ2n) is 23.3. The monoisotopic (exact) mass is 1610 g/mol. The molecule has 0 aromatic heterocycles. The van der Waals surface area contributed by atoms with E-state index in [4.69, 9.17) is 80.5 Å². The van der Waals surface area contributed by atoms with Gasteiger partial charge in [-0.05, 0) is 116 Å². The molecule has 0 unspecified atom stereocenters. The van der Waals surface area contributed by atoms with Gasteiger partial charge in [0.25, 0.3) is 0 Å². The first-order chi connectivity index (χ1) is 53.7. The average Bonchev–Trinajstić information content (AvgIpc) is 1.28. The number of esters is 1. The van der Waals surface area contributed by atoms with E-state index in [-0.39, 0.29) is 111 Å². The molecule has 0 atom stereocenters. The lowest BCUT2D eigenvalue weighted by molar-refractivity contribution is -0.146. The zero-order valence-electron chi connectivity index (χ0n) is 69.5. The lowest BCUT2D eigenvalue weighted by Gasteiger charge is -2.08. The summed E-state index contributed by atoms with van der Waals surface area (Å²) < 4.78 is 92.8. The van der Waals surface area contributed by atoms with Gasteiger partial charge in [-0.15, -0.1) is 0 Å². The van der Waals surface area contributed by atoms with E-state index in [1.807, 2.05) is 42.3 Å². The van der Waals surface area contributed by atoms with Crippen LogP contribution >= 0.6 is 0 Å². The van der Waals surface area contributed by atoms with E-state index >= 15 is 0 Å². The van der Waals surface area contributed by atoms with Crippen molar-refractivity contribution < 1.29 is 133 Å².